The summed E-state index contributed by atoms with van der Waals surface area (Å²) < 4.78 is 65.8. The summed E-state index contributed by atoms with van der Waals surface area (Å²) in [5.41, 5.74) is 5.28. The van der Waals surface area contributed by atoms with Gasteiger partial charge >= 0.3 is 6.18 Å². The summed E-state index contributed by atoms with van der Waals surface area (Å²) in [4.78, 5) is 0.318. The molecule has 10 heteroatoms. The van der Waals surface area contributed by atoms with Crippen LogP contribution in [0.5, 0.6) is 0 Å². The Morgan fingerprint density at radius 1 is 1.07 bits per heavy atom. The van der Waals surface area contributed by atoms with Crippen LogP contribution in [0.3, 0.4) is 0 Å². The van der Waals surface area contributed by atoms with Crippen LogP contribution in [0.15, 0.2) is 68.6 Å². The van der Waals surface area contributed by atoms with E-state index in [9.17, 15) is 21.6 Å². The van der Waals surface area contributed by atoms with Crippen molar-refractivity contribution in [2.24, 2.45) is 5.73 Å². The average Bonchev–Trinajstić information content (AvgIpc) is 3.13. The van der Waals surface area contributed by atoms with Gasteiger partial charge in [0.2, 0.25) is 9.84 Å². The first-order valence-electron chi connectivity index (χ1n) is 8.09. The third-order valence-electron chi connectivity index (χ3n) is 4.07. The standard InChI is InChI=1S/C19H15F3N2O2S3/c1-27-18-16(10-15(28-18)17(23)24)29(25,26)14-7-3-5-12(9-14)11-4-2-6-13(8-11)19(20,21)22/h2-10H,1H3,(H3,23,24). The molecule has 0 aliphatic carbocycles. The first-order chi connectivity index (χ1) is 13.5. The number of hydrogen-bond donors (Lipinski definition) is 2. The van der Waals surface area contributed by atoms with Crippen LogP contribution in [0.4, 0.5) is 13.2 Å². The predicted molar refractivity (Wildman–Crippen MR) is 109 cm³/mol. The van der Waals surface area contributed by atoms with Gasteiger partial charge in [-0.15, -0.1) is 23.1 Å². The molecule has 152 valence electrons. The van der Waals surface area contributed by atoms with Gasteiger partial charge in [0.05, 0.1) is 24.4 Å². The second-order valence-electron chi connectivity index (χ2n) is 5.99. The third-order valence-corrected chi connectivity index (χ3v) is 8.41. The molecule has 2 aromatic carbocycles. The van der Waals surface area contributed by atoms with Crippen molar-refractivity contribution in [3.05, 3.63) is 65.0 Å². The lowest BCUT2D eigenvalue weighted by molar-refractivity contribution is -0.137. The number of thiophene rings is 1. The van der Waals surface area contributed by atoms with E-state index in [1.54, 1.807) is 12.3 Å². The Morgan fingerprint density at radius 2 is 1.69 bits per heavy atom. The van der Waals surface area contributed by atoms with E-state index in [2.05, 4.69) is 0 Å². The Kier molecular flexibility index (Phi) is 5.79. The van der Waals surface area contributed by atoms with Gasteiger partial charge in [-0.2, -0.15) is 13.2 Å². The molecule has 3 rings (SSSR count). The maximum Gasteiger partial charge on any atom is 0.416 e. The van der Waals surface area contributed by atoms with Crippen LogP contribution in [0, 0.1) is 5.41 Å². The van der Waals surface area contributed by atoms with Crippen LogP contribution in [-0.2, 0) is 16.0 Å². The first-order valence-corrected chi connectivity index (χ1v) is 11.6. The monoisotopic (exact) mass is 456 g/mol. The minimum atomic E-state index is -4.49. The van der Waals surface area contributed by atoms with Crippen molar-refractivity contribution in [1.82, 2.24) is 0 Å². The van der Waals surface area contributed by atoms with Crippen molar-refractivity contribution < 1.29 is 21.6 Å². The Balaban J connectivity index is 2.10. The highest BCUT2D eigenvalue weighted by Crippen LogP contribution is 2.38. The number of halogens is 3. The number of nitrogens with one attached hydrogen (secondary N) is 1. The molecular formula is C19H15F3N2O2S3. The van der Waals surface area contributed by atoms with Gasteiger partial charge in [-0.3, -0.25) is 5.41 Å². The number of nitrogens with two attached hydrogens (primary N) is 1. The van der Waals surface area contributed by atoms with Crippen molar-refractivity contribution >= 4 is 38.8 Å². The summed E-state index contributed by atoms with van der Waals surface area (Å²) in [6, 6.07) is 11.8. The van der Waals surface area contributed by atoms with Crippen molar-refractivity contribution in [1.29, 1.82) is 5.41 Å². The summed E-state index contributed by atoms with van der Waals surface area (Å²) in [6.07, 6.45) is -2.78. The van der Waals surface area contributed by atoms with E-state index in [0.717, 1.165) is 23.5 Å². The van der Waals surface area contributed by atoms with Gasteiger partial charge in [0.15, 0.2) is 0 Å². The molecule has 3 N–H and O–H groups in total. The Labute approximate surface area is 174 Å². The van der Waals surface area contributed by atoms with Crippen molar-refractivity contribution in [3.63, 3.8) is 0 Å². The molecule has 0 radical (unpaired) electrons. The number of sulfone groups is 1. The molecule has 0 atom stereocenters. The number of alkyl halides is 3. The molecule has 0 saturated heterocycles. The molecule has 0 aliphatic rings. The lowest BCUT2D eigenvalue weighted by Gasteiger charge is -2.10. The van der Waals surface area contributed by atoms with Crippen molar-refractivity contribution in [3.8, 4) is 11.1 Å². The topological polar surface area (TPSA) is 84.0 Å². The molecule has 4 nitrogen and oxygen atoms in total. The van der Waals surface area contributed by atoms with Crippen LogP contribution in [0.2, 0.25) is 0 Å². The number of thioether (sulfide) groups is 1. The predicted octanol–water partition coefficient (Wildman–Crippen LogP) is 5.27. The fourth-order valence-corrected chi connectivity index (χ4v) is 6.57. The number of rotatable bonds is 5. The zero-order valence-corrected chi connectivity index (χ0v) is 17.4. The molecular weight excluding hydrogens is 441 g/mol. The summed E-state index contributed by atoms with van der Waals surface area (Å²) in [5.74, 6) is -0.232. The molecule has 0 saturated carbocycles. The normalized spacial score (nSPS) is 12.1. The Hall–Kier alpha value is -2.30. The third kappa shape index (κ3) is 4.34. The quantitative estimate of drug-likeness (QED) is 0.311. The highest BCUT2D eigenvalue weighted by atomic mass is 32.2. The van der Waals surface area contributed by atoms with Crippen LogP contribution in [-0.4, -0.2) is 20.5 Å². The molecule has 0 unspecified atom stereocenters. The zero-order valence-electron chi connectivity index (χ0n) is 14.9. The van der Waals surface area contributed by atoms with Crippen molar-refractivity contribution in [2.75, 3.05) is 6.26 Å². The Bertz CT molecular complexity index is 1190. The molecule has 0 bridgehead atoms. The van der Waals surface area contributed by atoms with Gasteiger partial charge in [0.1, 0.15) is 5.84 Å². The highest BCUT2D eigenvalue weighted by Gasteiger charge is 2.30. The summed E-state index contributed by atoms with van der Waals surface area (Å²) in [6.45, 7) is 0. The van der Waals surface area contributed by atoms with E-state index < -0.39 is 21.6 Å². The minimum absolute atomic E-state index is 0.0291. The lowest BCUT2D eigenvalue weighted by Crippen LogP contribution is -2.08. The maximum atomic E-state index is 13.2. The molecule has 0 aliphatic heterocycles. The molecule has 0 fully saturated rings. The summed E-state index contributed by atoms with van der Waals surface area (Å²) in [5, 5.41) is 7.54. The lowest BCUT2D eigenvalue weighted by atomic mass is 10.0. The van der Waals surface area contributed by atoms with E-state index in [4.69, 9.17) is 11.1 Å². The summed E-state index contributed by atoms with van der Waals surface area (Å²) in [7, 11) is -3.95. The molecule has 1 aromatic heterocycles. The van der Waals surface area contributed by atoms with Gasteiger partial charge in [-0.05, 0) is 47.7 Å². The number of nitrogen functional groups attached to an aromatic ring is 1. The minimum Gasteiger partial charge on any atom is -0.383 e. The van der Waals surface area contributed by atoms with Crippen LogP contribution < -0.4 is 5.73 Å². The summed E-state index contributed by atoms with van der Waals surface area (Å²) >= 11 is 2.33. The Morgan fingerprint density at radius 3 is 2.28 bits per heavy atom. The van der Waals surface area contributed by atoms with E-state index in [1.165, 1.54) is 48.2 Å². The van der Waals surface area contributed by atoms with E-state index in [1.807, 2.05) is 0 Å². The van der Waals surface area contributed by atoms with Crippen LogP contribution >= 0.6 is 23.1 Å². The van der Waals surface area contributed by atoms with Crippen LogP contribution in [0.25, 0.3) is 11.1 Å². The van der Waals surface area contributed by atoms with E-state index in [-0.39, 0.29) is 21.2 Å². The second kappa shape index (κ2) is 7.85. The molecule has 0 amide bonds. The van der Waals surface area contributed by atoms with Gasteiger partial charge < -0.3 is 5.73 Å². The average molecular weight is 457 g/mol. The van der Waals surface area contributed by atoms with Crippen molar-refractivity contribution in [2.45, 2.75) is 20.2 Å². The maximum absolute atomic E-state index is 13.2. The molecule has 1 heterocycles. The molecule has 0 spiro atoms. The fraction of sp³-hybridized carbons (Fsp3) is 0.105. The highest BCUT2D eigenvalue weighted by molar-refractivity contribution is 8.01. The van der Waals surface area contributed by atoms with E-state index in [0.29, 0.717) is 14.6 Å². The van der Waals surface area contributed by atoms with Gasteiger partial charge in [-0.25, -0.2) is 8.42 Å². The van der Waals surface area contributed by atoms with E-state index >= 15 is 0 Å². The first kappa shape index (κ1) is 21.4. The SMILES string of the molecule is CSc1sc(C(=N)N)cc1S(=O)(=O)c1cccc(-c2cccc(C(F)(F)F)c2)c1. The number of hydrogen-bond acceptors (Lipinski definition) is 5. The largest absolute Gasteiger partial charge is 0.416 e. The van der Waals surface area contributed by atoms with Crippen LogP contribution in [0.1, 0.15) is 10.4 Å². The smallest absolute Gasteiger partial charge is 0.383 e. The molecule has 29 heavy (non-hydrogen) atoms. The zero-order chi connectivity index (χ0) is 21.4. The van der Waals surface area contributed by atoms with Gasteiger partial charge in [0.25, 0.3) is 0 Å². The fourth-order valence-electron chi connectivity index (χ4n) is 2.66. The van der Waals surface area contributed by atoms with Gasteiger partial charge in [-0.1, -0.05) is 24.3 Å². The second-order valence-corrected chi connectivity index (χ2v) is 10.0. The van der Waals surface area contributed by atoms with Gasteiger partial charge in [0, 0.05) is 0 Å². The number of benzene rings is 2. The molecule has 3 aromatic rings. The number of amidine groups is 1.